The number of carbonyl (C=O) groups excluding carboxylic acids is 1. The molecule has 0 heterocycles. The van der Waals surface area contributed by atoms with Crippen LogP contribution in [-0.4, -0.2) is 31.1 Å². The first kappa shape index (κ1) is 21.9. The summed E-state index contributed by atoms with van der Waals surface area (Å²) in [6.07, 6.45) is 2.91. The van der Waals surface area contributed by atoms with Crippen molar-refractivity contribution < 1.29 is 4.79 Å². The van der Waals surface area contributed by atoms with E-state index in [0.29, 0.717) is 0 Å². The van der Waals surface area contributed by atoms with Crippen molar-refractivity contribution in [2.24, 2.45) is 0 Å². The Morgan fingerprint density at radius 3 is 2.46 bits per heavy atom. The molecule has 4 nitrogen and oxygen atoms in total. The summed E-state index contributed by atoms with van der Waals surface area (Å²) in [5.74, 6) is 0.0406. The van der Waals surface area contributed by atoms with Gasteiger partial charge in [0.25, 0.3) is 0 Å². The van der Waals surface area contributed by atoms with Crippen LogP contribution in [0.15, 0.2) is 48.5 Å². The first-order valence-electron chi connectivity index (χ1n) is 10.3. The van der Waals surface area contributed by atoms with E-state index in [1.807, 2.05) is 48.5 Å². The van der Waals surface area contributed by atoms with Crippen LogP contribution in [0.1, 0.15) is 57.2 Å². The van der Waals surface area contributed by atoms with Crippen molar-refractivity contribution in [1.29, 1.82) is 0 Å². The van der Waals surface area contributed by atoms with E-state index >= 15 is 0 Å². The van der Waals surface area contributed by atoms with Gasteiger partial charge < -0.3 is 16.0 Å². The first-order valence-corrected chi connectivity index (χ1v) is 10.3. The Kier molecular flexibility index (Phi) is 9.54. The molecule has 0 aliphatic heterocycles. The third-order valence-corrected chi connectivity index (χ3v) is 4.63. The lowest BCUT2D eigenvalue weighted by Gasteiger charge is -2.25. The number of rotatable bonds is 12. The SMILES string of the molecule is CCNCCCCC(NC(C)C)C(=O)NC(c1cc#ccc1)c1ccccc1. The van der Waals surface area contributed by atoms with Crippen molar-refractivity contribution in [2.75, 3.05) is 13.1 Å². The predicted octanol–water partition coefficient (Wildman–Crippen LogP) is 3.64. The van der Waals surface area contributed by atoms with Crippen LogP contribution in [0, 0.1) is 12.1 Å². The Morgan fingerprint density at radius 2 is 1.82 bits per heavy atom. The van der Waals surface area contributed by atoms with Gasteiger partial charge in [0.2, 0.25) is 5.91 Å². The molecule has 0 radical (unpaired) electrons. The van der Waals surface area contributed by atoms with E-state index in [-0.39, 0.29) is 24.0 Å². The molecule has 2 atom stereocenters. The van der Waals surface area contributed by atoms with Crippen molar-refractivity contribution in [1.82, 2.24) is 16.0 Å². The summed E-state index contributed by atoms with van der Waals surface area (Å²) in [5, 5.41) is 10.0. The zero-order valence-electron chi connectivity index (χ0n) is 17.3. The smallest absolute Gasteiger partial charge is 0.237 e. The molecule has 0 saturated heterocycles. The molecule has 2 rings (SSSR count). The quantitative estimate of drug-likeness (QED) is 0.494. The molecule has 0 fully saturated rings. The fourth-order valence-electron chi connectivity index (χ4n) is 3.25. The van der Waals surface area contributed by atoms with E-state index in [1.165, 1.54) is 0 Å². The number of amides is 1. The summed E-state index contributed by atoms with van der Waals surface area (Å²) in [6.45, 7) is 8.25. The fourth-order valence-corrected chi connectivity index (χ4v) is 3.25. The van der Waals surface area contributed by atoms with Crippen LogP contribution in [-0.2, 0) is 4.79 Å². The van der Waals surface area contributed by atoms with Crippen LogP contribution in [0.5, 0.6) is 0 Å². The molecule has 0 spiro atoms. The van der Waals surface area contributed by atoms with Crippen molar-refractivity contribution in [3.05, 3.63) is 71.8 Å². The van der Waals surface area contributed by atoms with E-state index in [4.69, 9.17) is 0 Å². The van der Waals surface area contributed by atoms with Crippen molar-refractivity contribution in [3.63, 3.8) is 0 Å². The van der Waals surface area contributed by atoms with Gasteiger partial charge in [-0.05, 0) is 55.3 Å². The maximum Gasteiger partial charge on any atom is 0.237 e. The maximum absolute atomic E-state index is 13.1. The zero-order chi connectivity index (χ0) is 20.2. The number of hydrogen-bond donors (Lipinski definition) is 3. The lowest BCUT2D eigenvalue weighted by atomic mass is 9.98. The summed E-state index contributed by atoms with van der Waals surface area (Å²) < 4.78 is 0. The van der Waals surface area contributed by atoms with Gasteiger partial charge in [0.05, 0.1) is 12.1 Å². The molecular weight excluding hydrogens is 346 g/mol. The molecule has 0 bridgehead atoms. The molecule has 1 amide bonds. The van der Waals surface area contributed by atoms with Gasteiger partial charge in [-0.2, -0.15) is 0 Å². The largest absolute Gasteiger partial charge is 0.344 e. The van der Waals surface area contributed by atoms with Crippen molar-refractivity contribution in [2.45, 2.75) is 58.2 Å². The molecule has 150 valence electrons. The third kappa shape index (κ3) is 7.34. The highest BCUT2D eigenvalue weighted by molar-refractivity contribution is 5.82. The number of unbranched alkanes of at least 4 members (excludes halogenated alkanes) is 1. The van der Waals surface area contributed by atoms with E-state index in [9.17, 15) is 4.79 Å². The minimum atomic E-state index is -0.202. The second-order valence-corrected chi connectivity index (χ2v) is 7.34. The second-order valence-electron chi connectivity index (χ2n) is 7.34. The van der Waals surface area contributed by atoms with Gasteiger partial charge in [-0.1, -0.05) is 69.7 Å². The van der Waals surface area contributed by atoms with E-state index in [2.05, 4.69) is 48.9 Å². The van der Waals surface area contributed by atoms with E-state index < -0.39 is 0 Å². The summed E-state index contributed by atoms with van der Waals surface area (Å²) in [7, 11) is 0. The molecule has 2 aromatic rings. The second kappa shape index (κ2) is 12.2. The van der Waals surface area contributed by atoms with E-state index in [1.54, 1.807) is 0 Å². The number of benzene rings is 1. The van der Waals surface area contributed by atoms with Crippen LogP contribution in [0.4, 0.5) is 0 Å². The van der Waals surface area contributed by atoms with Gasteiger partial charge in [-0.15, -0.1) is 0 Å². The van der Waals surface area contributed by atoms with Crippen LogP contribution >= 0.6 is 0 Å². The maximum atomic E-state index is 13.1. The average molecular weight is 380 g/mol. The monoisotopic (exact) mass is 379 g/mol. The minimum Gasteiger partial charge on any atom is -0.344 e. The van der Waals surface area contributed by atoms with Crippen molar-refractivity contribution >= 4 is 5.91 Å². The molecular formula is C24H33N3O. The van der Waals surface area contributed by atoms with Gasteiger partial charge >= 0.3 is 0 Å². The summed E-state index contributed by atoms with van der Waals surface area (Å²) in [4.78, 5) is 13.1. The topological polar surface area (TPSA) is 53.2 Å². The van der Waals surface area contributed by atoms with Crippen LogP contribution in [0.2, 0.25) is 0 Å². The number of nitrogens with one attached hydrogen (secondary N) is 3. The molecule has 4 heteroatoms. The average Bonchev–Trinajstić information content (AvgIpc) is 2.72. The summed E-state index contributed by atoms with van der Waals surface area (Å²) >= 11 is 0. The minimum absolute atomic E-state index is 0.0406. The molecule has 0 aliphatic rings. The molecule has 2 aromatic carbocycles. The lowest BCUT2D eigenvalue weighted by Crippen LogP contribution is -2.48. The van der Waals surface area contributed by atoms with E-state index in [0.717, 1.165) is 43.5 Å². The molecule has 28 heavy (non-hydrogen) atoms. The number of carbonyl (C=O) groups is 1. The zero-order valence-corrected chi connectivity index (χ0v) is 17.3. The number of hydrogen-bond acceptors (Lipinski definition) is 3. The van der Waals surface area contributed by atoms with Gasteiger partial charge in [0.15, 0.2) is 0 Å². The van der Waals surface area contributed by atoms with Gasteiger partial charge in [0, 0.05) is 6.04 Å². The molecule has 0 aromatic heterocycles. The summed E-state index contributed by atoms with van der Waals surface area (Å²) in [6, 6.07) is 21.6. The highest BCUT2D eigenvalue weighted by Crippen LogP contribution is 2.21. The highest BCUT2D eigenvalue weighted by atomic mass is 16.2. The third-order valence-electron chi connectivity index (χ3n) is 4.63. The van der Waals surface area contributed by atoms with Gasteiger partial charge in [-0.3, -0.25) is 4.79 Å². The summed E-state index contributed by atoms with van der Waals surface area (Å²) in [5.41, 5.74) is 2.07. The Labute approximate surface area is 170 Å². The fraction of sp³-hybridized carbons (Fsp3) is 0.458. The predicted molar refractivity (Wildman–Crippen MR) is 115 cm³/mol. The van der Waals surface area contributed by atoms with Crippen LogP contribution < -0.4 is 16.0 Å². The van der Waals surface area contributed by atoms with Gasteiger partial charge in [-0.25, -0.2) is 0 Å². The van der Waals surface area contributed by atoms with Crippen molar-refractivity contribution in [3.8, 4) is 0 Å². The Morgan fingerprint density at radius 1 is 1.04 bits per heavy atom. The first-order chi connectivity index (χ1) is 13.6. The molecule has 0 aliphatic carbocycles. The normalized spacial score (nSPS) is 12.0. The van der Waals surface area contributed by atoms with Gasteiger partial charge in [0.1, 0.15) is 0 Å². The highest BCUT2D eigenvalue weighted by Gasteiger charge is 2.23. The lowest BCUT2D eigenvalue weighted by molar-refractivity contribution is -0.124. The Hall–Kier alpha value is -2.35. The molecule has 3 N–H and O–H groups in total. The molecule has 2 unspecified atom stereocenters. The Bertz CT molecular complexity index is 633. The van der Waals surface area contributed by atoms with Crippen LogP contribution in [0.3, 0.4) is 0 Å². The standard InChI is InChI=1S/C24H33N3O/c1-4-25-18-12-11-17-22(26-19(2)3)24(28)27-23(20-13-7-5-8-14-20)21-15-9-6-10-16-21/h5,7-9,13-16,19,22-23,25-26H,4,11-12,17-18H2,1-3H3,(H,27,28). The van der Waals surface area contributed by atoms with Crippen LogP contribution in [0.25, 0.3) is 0 Å². The Balaban J connectivity index is 2.09. The molecule has 0 saturated carbocycles.